The van der Waals surface area contributed by atoms with Gasteiger partial charge in [-0.1, -0.05) is 38.1 Å². The van der Waals surface area contributed by atoms with Gasteiger partial charge < -0.3 is 5.32 Å². The van der Waals surface area contributed by atoms with Crippen molar-refractivity contribution in [2.45, 2.75) is 33.9 Å². The lowest BCUT2D eigenvalue weighted by molar-refractivity contribution is -0.116. The molecule has 0 aliphatic heterocycles. The molecule has 128 valence electrons. The van der Waals surface area contributed by atoms with E-state index in [9.17, 15) is 4.79 Å². The van der Waals surface area contributed by atoms with E-state index in [1.165, 1.54) is 16.7 Å². The molecule has 0 fully saturated rings. The summed E-state index contributed by atoms with van der Waals surface area (Å²) in [4.78, 5) is 15.6. The predicted octanol–water partition coefficient (Wildman–Crippen LogP) is 4.23. The van der Waals surface area contributed by atoms with Gasteiger partial charge in [-0.3, -0.25) is 9.69 Å². The molecular weight excluding hydrogens is 316 g/mol. The number of hydrogen-bond donors (Lipinski definition) is 1. The summed E-state index contributed by atoms with van der Waals surface area (Å²) in [6.07, 6.45) is 3.50. The molecule has 0 atom stereocenters. The molecule has 1 heterocycles. The number of aryl methyl sites for hydroxylation is 1. The minimum atomic E-state index is -0.0551. The number of thiophene rings is 1. The van der Waals surface area contributed by atoms with Gasteiger partial charge in [-0.05, 0) is 54.2 Å². The fourth-order valence-electron chi connectivity index (χ4n) is 2.52. The number of carbonyl (C=O) groups excluding carboxylic acids is 1. The number of amides is 1. The third kappa shape index (κ3) is 5.32. The summed E-state index contributed by atoms with van der Waals surface area (Å²) in [5.74, 6) is -0.0551. The molecule has 0 radical (unpaired) electrons. The lowest BCUT2D eigenvalue weighted by Gasteiger charge is -2.20. The molecule has 0 aliphatic rings. The van der Waals surface area contributed by atoms with Gasteiger partial charge in [0.25, 0.3) is 0 Å². The first-order valence-electron chi connectivity index (χ1n) is 8.43. The third-order valence-corrected chi connectivity index (χ3v) is 5.13. The van der Waals surface area contributed by atoms with Crippen LogP contribution in [0.15, 0.2) is 41.8 Å². The average Bonchev–Trinajstić information content (AvgIpc) is 3.01. The van der Waals surface area contributed by atoms with Gasteiger partial charge in [-0.25, -0.2) is 0 Å². The Morgan fingerprint density at radius 2 is 1.88 bits per heavy atom. The monoisotopic (exact) mass is 342 g/mol. The van der Waals surface area contributed by atoms with Crippen molar-refractivity contribution in [3.63, 3.8) is 0 Å². The Morgan fingerprint density at radius 1 is 1.17 bits per heavy atom. The van der Waals surface area contributed by atoms with Crippen LogP contribution >= 0.6 is 11.3 Å². The van der Waals surface area contributed by atoms with Crippen molar-refractivity contribution in [1.29, 1.82) is 0 Å². The summed E-state index contributed by atoms with van der Waals surface area (Å²) in [6.45, 7) is 9.93. The van der Waals surface area contributed by atoms with Crippen molar-refractivity contribution in [2.24, 2.45) is 0 Å². The van der Waals surface area contributed by atoms with Crippen LogP contribution in [-0.4, -0.2) is 23.9 Å². The minimum Gasteiger partial charge on any atom is -0.348 e. The van der Waals surface area contributed by atoms with E-state index in [-0.39, 0.29) is 5.91 Å². The molecule has 2 aromatic rings. The summed E-state index contributed by atoms with van der Waals surface area (Å²) in [5.41, 5.74) is 3.66. The van der Waals surface area contributed by atoms with Crippen LogP contribution in [-0.2, 0) is 17.9 Å². The Labute approximate surface area is 149 Å². The predicted molar refractivity (Wildman–Crippen MR) is 103 cm³/mol. The van der Waals surface area contributed by atoms with Gasteiger partial charge in [0.15, 0.2) is 0 Å². The largest absolute Gasteiger partial charge is 0.348 e. The lowest BCUT2D eigenvalue weighted by atomic mass is 10.1. The molecule has 3 nitrogen and oxygen atoms in total. The van der Waals surface area contributed by atoms with Gasteiger partial charge in [-0.2, -0.15) is 0 Å². The zero-order valence-corrected chi connectivity index (χ0v) is 15.5. The van der Waals surface area contributed by atoms with E-state index in [1.54, 1.807) is 17.4 Å². The number of nitrogens with one attached hydrogen (secondary N) is 1. The Balaban J connectivity index is 1.95. The molecule has 0 aliphatic carbocycles. The van der Waals surface area contributed by atoms with E-state index in [0.29, 0.717) is 6.54 Å². The molecule has 24 heavy (non-hydrogen) atoms. The second-order valence-corrected chi connectivity index (χ2v) is 6.70. The van der Waals surface area contributed by atoms with Crippen molar-refractivity contribution >= 4 is 23.3 Å². The number of nitrogens with zero attached hydrogens (tertiary/aromatic N) is 1. The smallest absolute Gasteiger partial charge is 0.244 e. The normalized spacial score (nSPS) is 11.3. The molecule has 0 saturated heterocycles. The van der Waals surface area contributed by atoms with Crippen molar-refractivity contribution in [2.75, 3.05) is 13.1 Å². The standard InChI is InChI=1S/C20H26N2OS/c1-4-22(5-2)15-18-9-7-6-8-17(18)14-21-20(23)11-10-19-16(3)12-13-24-19/h6-13H,4-5,14-15H2,1-3H3,(H,21,23)/b11-10+. The molecule has 1 N–H and O–H groups in total. The topological polar surface area (TPSA) is 32.3 Å². The van der Waals surface area contributed by atoms with E-state index < -0.39 is 0 Å². The fourth-order valence-corrected chi connectivity index (χ4v) is 3.34. The highest BCUT2D eigenvalue weighted by Gasteiger charge is 2.07. The molecule has 0 spiro atoms. The van der Waals surface area contributed by atoms with E-state index in [1.807, 2.05) is 17.5 Å². The Hall–Kier alpha value is -1.91. The Bertz CT molecular complexity index is 686. The van der Waals surface area contributed by atoms with Crippen LogP contribution in [0.4, 0.5) is 0 Å². The van der Waals surface area contributed by atoms with Crippen molar-refractivity contribution in [3.05, 3.63) is 63.4 Å². The van der Waals surface area contributed by atoms with E-state index in [2.05, 4.69) is 55.3 Å². The highest BCUT2D eigenvalue weighted by molar-refractivity contribution is 7.11. The lowest BCUT2D eigenvalue weighted by Crippen LogP contribution is -2.25. The highest BCUT2D eigenvalue weighted by Crippen LogP contribution is 2.17. The first-order chi connectivity index (χ1) is 11.6. The summed E-state index contributed by atoms with van der Waals surface area (Å²) < 4.78 is 0. The van der Waals surface area contributed by atoms with Crippen LogP contribution in [0.3, 0.4) is 0 Å². The SMILES string of the molecule is CCN(CC)Cc1ccccc1CNC(=O)/C=C/c1sccc1C. The van der Waals surface area contributed by atoms with Gasteiger partial charge in [-0.15, -0.1) is 11.3 Å². The van der Waals surface area contributed by atoms with Crippen LogP contribution in [0.5, 0.6) is 0 Å². The molecule has 1 aromatic heterocycles. The first kappa shape index (κ1) is 18.4. The van der Waals surface area contributed by atoms with Crippen molar-refractivity contribution in [3.8, 4) is 0 Å². The van der Waals surface area contributed by atoms with Gasteiger partial charge in [0, 0.05) is 24.0 Å². The minimum absolute atomic E-state index is 0.0551. The summed E-state index contributed by atoms with van der Waals surface area (Å²) in [6, 6.07) is 10.4. The summed E-state index contributed by atoms with van der Waals surface area (Å²) >= 11 is 1.65. The molecule has 4 heteroatoms. The van der Waals surface area contributed by atoms with Crippen LogP contribution < -0.4 is 5.32 Å². The van der Waals surface area contributed by atoms with Gasteiger partial charge in [0.05, 0.1) is 0 Å². The molecular formula is C20H26N2OS. The maximum absolute atomic E-state index is 12.1. The summed E-state index contributed by atoms with van der Waals surface area (Å²) in [7, 11) is 0. The van der Waals surface area contributed by atoms with Crippen LogP contribution in [0.25, 0.3) is 6.08 Å². The maximum atomic E-state index is 12.1. The van der Waals surface area contributed by atoms with Crippen LogP contribution in [0.2, 0.25) is 0 Å². The molecule has 1 aromatic carbocycles. The summed E-state index contributed by atoms with van der Waals surface area (Å²) in [5, 5.41) is 5.03. The first-order valence-corrected chi connectivity index (χ1v) is 9.31. The van der Waals surface area contributed by atoms with Crippen LogP contribution in [0.1, 0.15) is 35.4 Å². The zero-order valence-electron chi connectivity index (χ0n) is 14.7. The van der Waals surface area contributed by atoms with Gasteiger partial charge in [0.2, 0.25) is 5.91 Å². The van der Waals surface area contributed by atoms with Crippen molar-refractivity contribution < 1.29 is 4.79 Å². The molecule has 0 bridgehead atoms. The molecule has 1 amide bonds. The van der Waals surface area contributed by atoms with E-state index >= 15 is 0 Å². The van der Waals surface area contributed by atoms with Crippen LogP contribution in [0, 0.1) is 6.92 Å². The maximum Gasteiger partial charge on any atom is 0.244 e. The van der Waals surface area contributed by atoms with E-state index in [0.717, 1.165) is 24.5 Å². The Kier molecular flexibility index (Phi) is 7.22. The highest BCUT2D eigenvalue weighted by atomic mass is 32.1. The Morgan fingerprint density at radius 3 is 2.50 bits per heavy atom. The molecule has 0 unspecified atom stereocenters. The van der Waals surface area contributed by atoms with Gasteiger partial charge >= 0.3 is 0 Å². The number of hydrogen-bond acceptors (Lipinski definition) is 3. The second kappa shape index (κ2) is 9.40. The third-order valence-electron chi connectivity index (χ3n) is 4.15. The average molecular weight is 343 g/mol. The number of benzene rings is 1. The van der Waals surface area contributed by atoms with Crippen molar-refractivity contribution in [1.82, 2.24) is 10.2 Å². The fraction of sp³-hybridized carbons (Fsp3) is 0.350. The number of carbonyl (C=O) groups is 1. The van der Waals surface area contributed by atoms with Gasteiger partial charge in [0.1, 0.15) is 0 Å². The zero-order chi connectivity index (χ0) is 17.4. The second-order valence-electron chi connectivity index (χ2n) is 5.75. The molecule has 0 saturated carbocycles. The quantitative estimate of drug-likeness (QED) is 0.728. The number of rotatable bonds is 8. The van der Waals surface area contributed by atoms with E-state index in [4.69, 9.17) is 0 Å². The molecule has 2 rings (SSSR count).